The van der Waals surface area contributed by atoms with E-state index < -0.39 is 5.97 Å². The molecule has 0 aliphatic carbocycles. The van der Waals surface area contributed by atoms with Gasteiger partial charge in [-0.25, -0.2) is 9.78 Å². The summed E-state index contributed by atoms with van der Waals surface area (Å²) in [6.07, 6.45) is 2.00. The molecule has 0 radical (unpaired) electrons. The van der Waals surface area contributed by atoms with Gasteiger partial charge in [0.15, 0.2) is 11.5 Å². The number of hydrogen-bond acceptors (Lipinski definition) is 5. The lowest BCUT2D eigenvalue weighted by Crippen LogP contribution is -2.31. The Morgan fingerprint density at radius 3 is 2.72 bits per heavy atom. The summed E-state index contributed by atoms with van der Waals surface area (Å²) in [5, 5.41) is 11.2. The highest BCUT2D eigenvalue weighted by molar-refractivity contribution is 6.32. The fourth-order valence-corrected chi connectivity index (χ4v) is 4.43. The first-order valence-electron chi connectivity index (χ1n) is 10.5. The van der Waals surface area contributed by atoms with Gasteiger partial charge in [0.25, 0.3) is 0 Å². The van der Waals surface area contributed by atoms with Gasteiger partial charge in [-0.05, 0) is 48.9 Å². The number of nitrogens with zero attached hydrogens (tertiary/aromatic N) is 2. The zero-order chi connectivity index (χ0) is 22.8. The number of aromatic carboxylic acids is 1. The number of ether oxygens (including phenoxy) is 2. The Balaban J connectivity index is 1.93. The third-order valence-corrected chi connectivity index (χ3v) is 5.90. The molecule has 0 bridgehead atoms. The highest BCUT2D eigenvalue weighted by Crippen LogP contribution is 2.39. The number of pyridine rings is 1. The van der Waals surface area contributed by atoms with Gasteiger partial charge < -0.3 is 14.6 Å². The van der Waals surface area contributed by atoms with Gasteiger partial charge in [-0.15, -0.1) is 0 Å². The minimum Gasteiger partial charge on any atom is -0.493 e. The lowest BCUT2D eigenvalue weighted by Gasteiger charge is -2.30. The van der Waals surface area contributed by atoms with E-state index in [1.54, 1.807) is 7.11 Å². The van der Waals surface area contributed by atoms with Crippen LogP contribution in [0.25, 0.3) is 22.6 Å². The van der Waals surface area contributed by atoms with Crippen molar-refractivity contribution < 1.29 is 19.4 Å². The van der Waals surface area contributed by atoms with Crippen LogP contribution in [0.2, 0.25) is 5.02 Å². The first-order chi connectivity index (χ1) is 15.5. The molecule has 1 aliphatic rings. The first kappa shape index (κ1) is 22.1. The third-order valence-electron chi connectivity index (χ3n) is 5.62. The molecule has 6 nitrogen and oxygen atoms in total. The second-order valence-electron chi connectivity index (χ2n) is 7.58. The number of rotatable bonds is 6. The highest BCUT2D eigenvalue weighted by atomic mass is 35.5. The molecule has 0 atom stereocenters. The van der Waals surface area contributed by atoms with Crippen LogP contribution in [0.1, 0.15) is 41.0 Å². The minimum absolute atomic E-state index is 0.317. The van der Waals surface area contributed by atoms with Crippen molar-refractivity contribution in [2.45, 2.75) is 20.4 Å². The summed E-state index contributed by atoms with van der Waals surface area (Å²) < 4.78 is 11.1. The van der Waals surface area contributed by atoms with E-state index in [4.69, 9.17) is 26.1 Å². The number of benzene rings is 2. The van der Waals surface area contributed by atoms with Crippen molar-refractivity contribution in [2.75, 3.05) is 26.8 Å². The summed E-state index contributed by atoms with van der Waals surface area (Å²) in [4.78, 5) is 19.3. The van der Waals surface area contributed by atoms with Crippen LogP contribution in [0.3, 0.4) is 0 Å². The maximum absolute atomic E-state index is 12.3. The Kier molecular flexibility index (Phi) is 6.35. The number of para-hydroxylation sites is 1. The normalized spacial score (nSPS) is 15.1. The lowest BCUT2D eigenvalue weighted by molar-refractivity contribution is 0.0696. The fourth-order valence-electron chi connectivity index (χ4n) is 4.16. The van der Waals surface area contributed by atoms with Crippen molar-refractivity contribution in [3.63, 3.8) is 0 Å². The van der Waals surface area contributed by atoms with Crippen LogP contribution in [-0.4, -0.2) is 47.8 Å². The molecule has 166 valence electrons. The van der Waals surface area contributed by atoms with Gasteiger partial charge in [0.05, 0.1) is 35.5 Å². The molecule has 0 amide bonds. The summed E-state index contributed by atoms with van der Waals surface area (Å²) >= 11 is 6.47. The largest absolute Gasteiger partial charge is 0.493 e. The molecule has 1 aliphatic heterocycles. The van der Waals surface area contributed by atoms with Gasteiger partial charge in [-0.3, -0.25) is 4.90 Å². The predicted octanol–water partition coefficient (Wildman–Crippen LogP) is 5.37. The van der Waals surface area contributed by atoms with E-state index in [0.29, 0.717) is 52.7 Å². The van der Waals surface area contributed by atoms with Gasteiger partial charge >= 0.3 is 5.97 Å². The zero-order valence-corrected chi connectivity index (χ0v) is 19.1. The number of likely N-dealkylation sites (N-methyl/N-ethyl adjacent to an activating group) is 1. The molecule has 2 aromatic carbocycles. The maximum atomic E-state index is 12.3. The van der Waals surface area contributed by atoms with Crippen molar-refractivity contribution in [3.8, 4) is 11.5 Å². The smallest absolute Gasteiger partial charge is 0.336 e. The quantitative estimate of drug-likeness (QED) is 0.542. The first-order valence-corrected chi connectivity index (χ1v) is 10.9. The highest BCUT2D eigenvalue weighted by Gasteiger charge is 2.28. The van der Waals surface area contributed by atoms with Gasteiger partial charge in [0.2, 0.25) is 0 Å². The summed E-state index contributed by atoms with van der Waals surface area (Å²) in [6, 6.07) is 11.1. The Morgan fingerprint density at radius 2 is 2.03 bits per heavy atom. The molecule has 1 aromatic heterocycles. The average molecular weight is 453 g/mol. The van der Waals surface area contributed by atoms with Crippen LogP contribution < -0.4 is 9.47 Å². The van der Waals surface area contributed by atoms with Crippen LogP contribution in [0, 0.1) is 0 Å². The number of carboxylic acid groups (broad SMARTS) is 1. The molecule has 4 rings (SSSR count). The van der Waals surface area contributed by atoms with Crippen molar-refractivity contribution in [3.05, 3.63) is 63.8 Å². The summed E-state index contributed by atoms with van der Waals surface area (Å²) in [5.41, 5.74) is 4.21. The Hall–Kier alpha value is -3.09. The number of aromatic nitrogens is 1. The van der Waals surface area contributed by atoms with Crippen LogP contribution in [0.5, 0.6) is 11.5 Å². The van der Waals surface area contributed by atoms with E-state index in [0.717, 1.165) is 28.9 Å². The molecule has 0 saturated carbocycles. The zero-order valence-electron chi connectivity index (χ0n) is 18.3. The number of hydrogen-bond donors (Lipinski definition) is 1. The fraction of sp³-hybridized carbons (Fsp3) is 0.280. The van der Waals surface area contributed by atoms with Gasteiger partial charge in [0, 0.05) is 24.0 Å². The molecule has 0 unspecified atom stereocenters. The second-order valence-corrected chi connectivity index (χ2v) is 7.98. The topological polar surface area (TPSA) is 71.9 Å². The van der Waals surface area contributed by atoms with Gasteiger partial charge in [-0.1, -0.05) is 36.7 Å². The van der Waals surface area contributed by atoms with Crippen molar-refractivity contribution in [1.29, 1.82) is 0 Å². The monoisotopic (exact) mass is 452 g/mol. The van der Waals surface area contributed by atoms with Crippen molar-refractivity contribution in [1.82, 2.24) is 9.88 Å². The third kappa shape index (κ3) is 4.04. The molecule has 1 N–H and O–H groups in total. The number of methoxy groups -OCH3 is 1. The number of carbonyl (C=O) groups is 1. The summed E-state index contributed by atoms with van der Waals surface area (Å²) in [7, 11) is 1.58. The molecule has 32 heavy (non-hydrogen) atoms. The summed E-state index contributed by atoms with van der Waals surface area (Å²) in [6.45, 7) is 6.41. The molecular formula is C25H25ClN2O4. The molecule has 0 saturated heterocycles. The molecule has 3 aromatic rings. The van der Waals surface area contributed by atoms with E-state index in [1.807, 2.05) is 49.4 Å². The Labute approximate surface area is 192 Å². The van der Waals surface area contributed by atoms with E-state index in [1.165, 1.54) is 0 Å². The standard InChI is InChI=1S/C25H25ClN2O4/c1-4-28-13-16(10-15-11-19(26)24(32-5-2)21(12-15)31-3)23-18(14-28)22(25(29)30)17-8-6-7-9-20(17)27-23/h6-12H,4-5,13-14H2,1-3H3,(H,29,30)/b16-10+. The minimum atomic E-state index is -0.942. The Bertz CT molecular complexity index is 1220. The molecule has 0 spiro atoms. The van der Waals surface area contributed by atoms with Crippen molar-refractivity contribution in [2.24, 2.45) is 0 Å². The number of carboxylic acids is 1. The molecule has 2 heterocycles. The van der Waals surface area contributed by atoms with E-state index in [-0.39, 0.29) is 0 Å². The van der Waals surface area contributed by atoms with Crippen LogP contribution in [0.15, 0.2) is 36.4 Å². The SMILES string of the molecule is CCOc1c(Cl)cc(/C=C2\CN(CC)Cc3c2nc2ccccc2c3C(=O)O)cc1OC. The molecular weight excluding hydrogens is 428 g/mol. The van der Waals surface area contributed by atoms with Crippen LogP contribution in [-0.2, 0) is 6.54 Å². The van der Waals surface area contributed by atoms with Crippen LogP contribution in [0.4, 0.5) is 0 Å². The average Bonchev–Trinajstić information content (AvgIpc) is 2.78. The van der Waals surface area contributed by atoms with Crippen LogP contribution >= 0.6 is 11.6 Å². The van der Waals surface area contributed by atoms with Crippen molar-refractivity contribution >= 4 is 40.1 Å². The van der Waals surface area contributed by atoms with E-state index in [2.05, 4.69) is 11.8 Å². The molecule has 7 heteroatoms. The number of halogens is 1. The van der Waals surface area contributed by atoms with E-state index in [9.17, 15) is 9.90 Å². The maximum Gasteiger partial charge on any atom is 0.336 e. The van der Waals surface area contributed by atoms with Gasteiger partial charge in [0.1, 0.15) is 0 Å². The van der Waals surface area contributed by atoms with E-state index >= 15 is 0 Å². The second kappa shape index (κ2) is 9.18. The molecule has 0 fully saturated rings. The number of fused-ring (bicyclic) bond motifs is 2. The summed E-state index contributed by atoms with van der Waals surface area (Å²) in [5.74, 6) is 0.116. The lowest BCUT2D eigenvalue weighted by atomic mass is 9.92. The Morgan fingerprint density at radius 1 is 1.25 bits per heavy atom. The predicted molar refractivity (Wildman–Crippen MR) is 127 cm³/mol. The van der Waals surface area contributed by atoms with Gasteiger partial charge in [-0.2, -0.15) is 0 Å².